The monoisotopic (exact) mass is 111 g/mol. The molecule has 0 saturated carbocycles. The highest BCUT2D eigenvalue weighted by molar-refractivity contribution is 5.85. The van der Waals surface area contributed by atoms with Crippen LogP contribution in [0.5, 0.6) is 0 Å². The van der Waals surface area contributed by atoms with Gasteiger partial charge >= 0.3 is 0 Å². The summed E-state index contributed by atoms with van der Waals surface area (Å²) in [6, 6.07) is 0. The standard InChI is InChI=1S/C6H9NO/c1-2-3-4-5-6(7)8/h2-5H,1H3,(H2,7,8)/b3-2-,5-4+. The number of carbonyl (C=O) groups is 1. The molecule has 0 spiro atoms. The zero-order valence-corrected chi connectivity index (χ0v) is 4.79. The molecule has 0 saturated heterocycles. The molecule has 0 aliphatic rings. The zero-order valence-electron chi connectivity index (χ0n) is 4.79. The minimum atomic E-state index is -0.414. The first-order chi connectivity index (χ1) is 3.77. The number of amides is 1. The molecule has 0 unspecified atom stereocenters. The molecular formula is C6H9NO. The molecule has 0 bridgehead atoms. The highest BCUT2D eigenvalue weighted by Gasteiger charge is 1.75. The zero-order chi connectivity index (χ0) is 6.41. The summed E-state index contributed by atoms with van der Waals surface area (Å²) < 4.78 is 0. The van der Waals surface area contributed by atoms with Crippen molar-refractivity contribution in [3.63, 3.8) is 0 Å². The number of carbonyl (C=O) groups excluding carboxylic acids is 1. The van der Waals surface area contributed by atoms with Crippen molar-refractivity contribution < 1.29 is 4.79 Å². The molecule has 0 aliphatic carbocycles. The Morgan fingerprint density at radius 1 is 1.50 bits per heavy atom. The van der Waals surface area contributed by atoms with Crippen LogP contribution in [0.4, 0.5) is 0 Å². The van der Waals surface area contributed by atoms with E-state index in [1.54, 1.807) is 12.2 Å². The molecule has 0 atom stereocenters. The van der Waals surface area contributed by atoms with Crippen LogP contribution in [-0.4, -0.2) is 5.91 Å². The molecule has 0 aromatic heterocycles. The Balaban J connectivity index is 3.50. The third kappa shape index (κ3) is 4.95. The summed E-state index contributed by atoms with van der Waals surface area (Å²) in [7, 11) is 0. The van der Waals surface area contributed by atoms with E-state index in [9.17, 15) is 4.79 Å². The van der Waals surface area contributed by atoms with Crippen LogP contribution in [-0.2, 0) is 4.79 Å². The van der Waals surface area contributed by atoms with Crippen LogP contribution < -0.4 is 5.73 Å². The van der Waals surface area contributed by atoms with E-state index in [4.69, 9.17) is 5.73 Å². The minimum absolute atomic E-state index is 0.414. The lowest BCUT2D eigenvalue weighted by molar-refractivity contribution is -0.113. The Bertz CT molecular complexity index is 124. The Morgan fingerprint density at radius 3 is 2.50 bits per heavy atom. The van der Waals surface area contributed by atoms with E-state index in [0.717, 1.165) is 0 Å². The maximum atomic E-state index is 9.98. The molecular weight excluding hydrogens is 102 g/mol. The highest BCUT2D eigenvalue weighted by atomic mass is 16.1. The topological polar surface area (TPSA) is 43.1 Å². The van der Waals surface area contributed by atoms with Crippen LogP contribution in [0.1, 0.15) is 6.92 Å². The number of nitrogens with two attached hydrogens (primary N) is 1. The van der Waals surface area contributed by atoms with E-state index >= 15 is 0 Å². The van der Waals surface area contributed by atoms with Gasteiger partial charge in [-0.2, -0.15) is 0 Å². The van der Waals surface area contributed by atoms with Crippen molar-refractivity contribution in [2.75, 3.05) is 0 Å². The molecule has 2 nitrogen and oxygen atoms in total. The normalized spacial score (nSPS) is 11.1. The number of hydrogen-bond donors (Lipinski definition) is 1. The van der Waals surface area contributed by atoms with Gasteiger partial charge in [0.05, 0.1) is 0 Å². The van der Waals surface area contributed by atoms with E-state index in [1.165, 1.54) is 6.08 Å². The highest BCUT2D eigenvalue weighted by Crippen LogP contribution is 1.73. The van der Waals surface area contributed by atoms with Crippen LogP contribution in [0.25, 0.3) is 0 Å². The second-order valence-electron chi connectivity index (χ2n) is 1.29. The lowest BCUT2D eigenvalue weighted by atomic mass is 10.4. The van der Waals surface area contributed by atoms with Gasteiger partial charge in [0, 0.05) is 6.08 Å². The fraction of sp³-hybridized carbons (Fsp3) is 0.167. The molecule has 0 heterocycles. The van der Waals surface area contributed by atoms with Gasteiger partial charge in [0.15, 0.2) is 0 Å². The van der Waals surface area contributed by atoms with Crippen molar-refractivity contribution in [2.45, 2.75) is 6.92 Å². The Labute approximate surface area is 48.7 Å². The largest absolute Gasteiger partial charge is 0.366 e. The average molecular weight is 111 g/mol. The minimum Gasteiger partial charge on any atom is -0.366 e. The van der Waals surface area contributed by atoms with Gasteiger partial charge in [-0.1, -0.05) is 18.2 Å². The summed E-state index contributed by atoms with van der Waals surface area (Å²) in [5.41, 5.74) is 4.77. The molecule has 44 valence electrons. The Hall–Kier alpha value is -1.05. The molecule has 1 amide bonds. The van der Waals surface area contributed by atoms with E-state index in [1.807, 2.05) is 13.0 Å². The summed E-state index contributed by atoms with van der Waals surface area (Å²) in [5.74, 6) is -0.414. The third-order valence-corrected chi connectivity index (χ3v) is 0.564. The summed E-state index contributed by atoms with van der Waals surface area (Å²) in [4.78, 5) is 9.98. The van der Waals surface area contributed by atoms with Gasteiger partial charge in [0.25, 0.3) is 0 Å². The van der Waals surface area contributed by atoms with Crippen molar-refractivity contribution in [3.05, 3.63) is 24.3 Å². The van der Waals surface area contributed by atoms with E-state index < -0.39 is 5.91 Å². The number of hydrogen-bond acceptors (Lipinski definition) is 1. The van der Waals surface area contributed by atoms with E-state index in [0.29, 0.717) is 0 Å². The first kappa shape index (κ1) is 6.95. The van der Waals surface area contributed by atoms with Crippen LogP contribution in [0.3, 0.4) is 0 Å². The molecule has 0 radical (unpaired) electrons. The molecule has 8 heavy (non-hydrogen) atoms. The quantitative estimate of drug-likeness (QED) is 0.411. The van der Waals surface area contributed by atoms with Crippen molar-refractivity contribution in [1.82, 2.24) is 0 Å². The Kier molecular flexibility index (Phi) is 3.58. The SMILES string of the molecule is C/C=C\C=C\C(N)=O. The molecule has 2 heteroatoms. The van der Waals surface area contributed by atoms with Gasteiger partial charge in [0.2, 0.25) is 5.91 Å². The second kappa shape index (κ2) is 4.12. The summed E-state index contributed by atoms with van der Waals surface area (Å²) in [5, 5.41) is 0. The van der Waals surface area contributed by atoms with Gasteiger partial charge in [-0.05, 0) is 6.92 Å². The molecule has 2 N–H and O–H groups in total. The number of rotatable bonds is 2. The summed E-state index contributed by atoms with van der Waals surface area (Å²) >= 11 is 0. The van der Waals surface area contributed by atoms with E-state index in [2.05, 4.69) is 0 Å². The van der Waals surface area contributed by atoms with Crippen LogP contribution in [0, 0.1) is 0 Å². The number of allylic oxidation sites excluding steroid dienone is 3. The maximum absolute atomic E-state index is 9.98. The Morgan fingerprint density at radius 2 is 2.12 bits per heavy atom. The number of primary amides is 1. The van der Waals surface area contributed by atoms with Crippen molar-refractivity contribution in [1.29, 1.82) is 0 Å². The second-order valence-corrected chi connectivity index (χ2v) is 1.29. The summed E-state index contributed by atoms with van der Waals surface area (Å²) in [6.07, 6.45) is 6.46. The fourth-order valence-corrected chi connectivity index (χ4v) is 0.262. The molecule has 0 aromatic rings. The average Bonchev–Trinajstić information content (AvgIpc) is 1.66. The fourth-order valence-electron chi connectivity index (χ4n) is 0.262. The maximum Gasteiger partial charge on any atom is 0.241 e. The molecule has 0 rings (SSSR count). The van der Waals surface area contributed by atoms with Crippen LogP contribution >= 0.6 is 0 Å². The van der Waals surface area contributed by atoms with Gasteiger partial charge in [-0.3, -0.25) is 4.79 Å². The van der Waals surface area contributed by atoms with Crippen LogP contribution in [0.2, 0.25) is 0 Å². The van der Waals surface area contributed by atoms with Gasteiger partial charge in [-0.25, -0.2) is 0 Å². The summed E-state index contributed by atoms with van der Waals surface area (Å²) in [6.45, 7) is 1.87. The van der Waals surface area contributed by atoms with Crippen molar-refractivity contribution in [3.8, 4) is 0 Å². The smallest absolute Gasteiger partial charge is 0.241 e. The molecule has 0 aromatic carbocycles. The van der Waals surface area contributed by atoms with Crippen molar-refractivity contribution in [2.24, 2.45) is 5.73 Å². The van der Waals surface area contributed by atoms with Crippen LogP contribution in [0.15, 0.2) is 24.3 Å². The lowest BCUT2D eigenvalue weighted by Gasteiger charge is -1.73. The van der Waals surface area contributed by atoms with Crippen molar-refractivity contribution >= 4 is 5.91 Å². The van der Waals surface area contributed by atoms with Gasteiger partial charge < -0.3 is 5.73 Å². The molecule has 0 aliphatic heterocycles. The third-order valence-electron chi connectivity index (χ3n) is 0.564. The predicted molar refractivity (Wildman–Crippen MR) is 33.1 cm³/mol. The first-order valence-electron chi connectivity index (χ1n) is 2.36. The molecule has 0 fully saturated rings. The van der Waals surface area contributed by atoms with E-state index in [-0.39, 0.29) is 0 Å². The van der Waals surface area contributed by atoms with Gasteiger partial charge in [-0.15, -0.1) is 0 Å². The van der Waals surface area contributed by atoms with Gasteiger partial charge in [0.1, 0.15) is 0 Å². The first-order valence-corrected chi connectivity index (χ1v) is 2.36. The lowest BCUT2D eigenvalue weighted by Crippen LogP contribution is -2.04. The predicted octanol–water partition coefficient (Wildman–Crippen LogP) is 0.604.